The van der Waals surface area contributed by atoms with E-state index in [9.17, 15) is 44.1 Å². The van der Waals surface area contributed by atoms with Gasteiger partial charge in [-0.1, -0.05) is 57.6 Å². The van der Waals surface area contributed by atoms with Crippen molar-refractivity contribution in [2.45, 2.75) is 96.9 Å². The molecule has 0 aromatic rings. The predicted octanol–water partition coefficient (Wildman–Crippen LogP) is 3.33. The number of carboxylic acids is 3. The van der Waals surface area contributed by atoms with Crippen molar-refractivity contribution in [1.82, 2.24) is 9.80 Å². The molecule has 1 saturated carbocycles. The number of nitrogens with zero attached hydrogens (tertiary/aromatic N) is 2. The van der Waals surface area contributed by atoms with Gasteiger partial charge in [0.2, 0.25) is 5.91 Å². The highest BCUT2D eigenvalue weighted by molar-refractivity contribution is 6.02. The largest absolute Gasteiger partial charge is 0.481 e. The van der Waals surface area contributed by atoms with Crippen LogP contribution in [0.15, 0.2) is 47.6 Å². The lowest BCUT2D eigenvalue weighted by Crippen LogP contribution is -2.64. The van der Waals surface area contributed by atoms with Crippen LogP contribution in [0.1, 0.15) is 72.6 Å². The topological polar surface area (TPSA) is 179 Å². The molecule has 2 amide bonds. The molecule has 4 aliphatic rings. The monoisotopic (exact) mass is 626 g/mol. The molecule has 0 aromatic heterocycles. The van der Waals surface area contributed by atoms with Crippen LogP contribution >= 0.6 is 0 Å². The molecule has 244 valence electrons. The zero-order valence-corrected chi connectivity index (χ0v) is 26.1. The van der Waals surface area contributed by atoms with Gasteiger partial charge in [0, 0.05) is 42.4 Å². The van der Waals surface area contributed by atoms with Crippen LogP contribution in [0, 0.1) is 16.7 Å². The van der Waals surface area contributed by atoms with E-state index in [4.69, 9.17) is 4.74 Å². The molecule has 0 spiro atoms. The van der Waals surface area contributed by atoms with Gasteiger partial charge in [-0.15, -0.1) is 0 Å². The van der Waals surface area contributed by atoms with Crippen LogP contribution in [0.3, 0.4) is 0 Å². The van der Waals surface area contributed by atoms with Crippen LogP contribution in [0.5, 0.6) is 0 Å². The smallest absolute Gasteiger partial charge is 0.331 e. The van der Waals surface area contributed by atoms with Gasteiger partial charge in [-0.3, -0.25) is 14.4 Å². The second-order valence-electron chi connectivity index (χ2n) is 13.2. The lowest BCUT2D eigenvalue weighted by atomic mass is 9.48. The molecule has 0 aromatic carbocycles. The second-order valence-corrected chi connectivity index (χ2v) is 13.2. The van der Waals surface area contributed by atoms with Crippen LogP contribution in [-0.2, 0) is 33.5 Å². The Bertz CT molecular complexity index is 1390. The molecule has 3 N–H and O–H groups in total. The zero-order chi connectivity index (χ0) is 33.3. The van der Waals surface area contributed by atoms with Crippen molar-refractivity contribution in [3.63, 3.8) is 0 Å². The van der Waals surface area contributed by atoms with Crippen molar-refractivity contribution in [3.8, 4) is 0 Å². The van der Waals surface area contributed by atoms with Crippen molar-refractivity contribution in [3.05, 3.63) is 47.6 Å². The number of ether oxygens (including phenoxy) is 1. The molecule has 4 rings (SSSR count). The van der Waals surface area contributed by atoms with Crippen LogP contribution < -0.4 is 0 Å². The maximum atomic E-state index is 14.3. The van der Waals surface area contributed by atoms with Gasteiger partial charge in [0.15, 0.2) is 0 Å². The number of hydrogen-bond acceptors (Lipinski definition) is 7. The highest BCUT2D eigenvalue weighted by Gasteiger charge is 2.65. The number of amides is 2. The van der Waals surface area contributed by atoms with E-state index in [1.165, 1.54) is 17.1 Å². The fourth-order valence-corrected chi connectivity index (χ4v) is 8.24. The molecule has 2 aliphatic heterocycles. The fraction of sp³-hybridized carbons (Fsp3) is 0.576. The third-order valence-corrected chi connectivity index (χ3v) is 9.89. The summed E-state index contributed by atoms with van der Waals surface area (Å²) in [6.45, 7) is 7.48. The first-order valence-corrected chi connectivity index (χ1v) is 15.4. The Hall–Kier alpha value is -4.22. The van der Waals surface area contributed by atoms with E-state index in [0.717, 1.165) is 11.3 Å². The first-order valence-electron chi connectivity index (χ1n) is 15.4. The first-order chi connectivity index (χ1) is 21.2. The lowest BCUT2D eigenvalue weighted by Gasteiger charge is -2.58. The van der Waals surface area contributed by atoms with Gasteiger partial charge in [0.25, 0.3) is 5.91 Å². The minimum Gasteiger partial charge on any atom is -0.481 e. The van der Waals surface area contributed by atoms with Crippen molar-refractivity contribution < 1.29 is 48.8 Å². The molecular weight excluding hydrogens is 584 g/mol. The summed E-state index contributed by atoms with van der Waals surface area (Å²) in [5.41, 5.74) is -0.770. The molecule has 12 heteroatoms. The summed E-state index contributed by atoms with van der Waals surface area (Å²) in [6.07, 6.45) is 9.82. The number of carbonyl (C=O) groups is 6. The average Bonchev–Trinajstić information content (AvgIpc) is 3.48. The highest BCUT2D eigenvalue weighted by Crippen LogP contribution is 2.62. The number of esters is 1. The summed E-state index contributed by atoms with van der Waals surface area (Å²) in [5, 5.41) is 29.5. The molecule has 12 nitrogen and oxygen atoms in total. The van der Waals surface area contributed by atoms with Crippen molar-refractivity contribution in [1.29, 1.82) is 0 Å². The van der Waals surface area contributed by atoms with Crippen molar-refractivity contribution in [2.24, 2.45) is 16.7 Å². The summed E-state index contributed by atoms with van der Waals surface area (Å²) in [7, 11) is 0. The molecule has 0 radical (unpaired) electrons. The Morgan fingerprint density at radius 3 is 2.33 bits per heavy atom. The first kappa shape index (κ1) is 33.7. The van der Waals surface area contributed by atoms with Crippen LogP contribution in [0.4, 0.5) is 0 Å². The molecule has 1 saturated heterocycles. The van der Waals surface area contributed by atoms with Crippen LogP contribution in [0.2, 0.25) is 0 Å². The Morgan fingerprint density at radius 2 is 1.71 bits per heavy atom. The van der Waals surface area contributed by atoms with Crippen LogP contribution in [-0.4, -0.2) is 91.6 Å². The summed E-state index contributed by atoms with van der Waals surface area (Å²) >= 11 is 0. The summed E-state index contributed by atoms with van der Waals surface area (Å²) in [6, 6.07) is -3.83. The van der Waals surface area contributed by atoms with E-state index < -0.39 is 83.1 Å². The van der Waals surface area contributed by atoms with Gasteiger partial charge in [-0.2, -0.15) is 0 Å². The normalized spacial score (nSPS) is 30.3. The number of carbonyl (C=O) groups excluding carboxylic acids is 3. The number of likely N-dealkylation sites (tertiary alicyclic amines) is 1. The van der Waals surface area contributed by atoms with Crippen molar-refractivity contribution >= 4 is 35.7 Å². The molecular formula is C33H42N2O10. The predicted molar refractivity (Wildman–Crippen MR) is 161 cm³/mol. The Labute approximate surface area is 262 Å². The van der Waals surface area contributed by atoms with Gasteiger partial charge in [-0.25, -0.2) is 14.4 Å². The van der Waals surface area contributed by atoms with Crippen LogP contribution in [0.25, 0.3) is 0 Å². The number of hydrogen-bond donors (Lipinski definition) is 3. The summed E-state index contributed by atoms with van der Waals surface area (Å²) < 4.78 is 6.21. The van der Waals surface area contributed by atoms with Gasteiger partial charge in [0.1, 0.15) is 18.2 Å². The molecule has 0 unspecified atom stereocenters. The maximum Gasteiger partial charge on any atom is 0.331 e. The van der Waals surface area contributed by atoms with Gasteiger partial charge in [-0.05, 0) is 43.6 Å². The van der Waals surface area contributed by atoms with E-state index >= 15 is 0 Å². The zero-order valence-electron chi connectivity index (χ0n) is 26.1. The molecule has 2 aliphatic carbocycles. The number of carboxylic acid groups (broad SMARTS) is 3. The molecule has 2 heterocycles. The number of allylic oxidation sites excluding steroid dienone is 5. The van der Waals surface area contributed by atoms with E-state index in [2.05, 4.69) is 0 Å². The SMILES string of the molecule is C/C=C/C=C/C=C/C(=O)O[C@@H]1[C@H](N2C(=O)CC[C@@H]2C(=O)O)C2=C(C(=O)N([C@H](CCC(=O)O)C(=O)O)C2)[C@]2(C)CCCC(C)(C)[C@@H]12. The number of rotatable bonds is 11. The second kappa shape index (κ2) is 13.0. The molecule has 2 fully saturated rings. The van der Waals surface area contributed by atoms with Crippen molar-refractivity contribution in [2.75, 3.05) is 6.54 Å². The number of aliphatic carboxylic acids is 3. The van der Waals surface area contributed by atoms with Gasteiger partial charge < -0.3 is 29.9 Å². The van der Waals surface area contributed by atoms with Gasteiger partial charge in [0.05, 0.1) is 6.04 Å². The minimum absolute atomic E-state index is 0.0307. The highest BCUT2D eigenvalue weighted by atomic mass is 16.5. The molecule has 45 heavy (non-hydrogen) atoms. The quantitative estimate of drug-likeness (QED) is 0.175. The Balaban J connectivity index is 1.90. The fourth-order valence-electron chi connectivity index (χ4n) is 8.24. The average molecular weight is 627 g/mol. The summed E-state index contributed by atoms with van der Waals surface area (Å²) in [4.78, 5) is 79.7. The lowest BCUT2D eigenvalue weighted by molar-refractivity contribution is -0.171. The maximum absolute atomic E-state index is 14.3. The molecule has 6 atom stereocenters. The van der Waals surface area contributed by atoms with E-state index in [-0.39, 0.29) is 25.8 Å². The van der Waals surface area contributed by atoms with E-state index in [0.29, 0.717) is 24.0 Å². The molecule has 0 bridgehead atoms. The third-order valence-electron chi connectivity index (χ3n) is 9.89. The number of fused-ring (bicyclic) bond motifs is 2. The third kappa shape index (κ3) is 6.32. The minimum atomic E-state index is -1.46. The Morgan fingerprint density at radius 1 is 1.02 bits per heavy atom. The van der Waals surface area contributed by atoms with E-state index in [1.54, 1.807) is 18.2 Å². The summed E-state index contributed by atoms with van der Waals surface area (Å²) in [5.74, 6) is -6.09. The standard InChI is InChI=1S/C33H42N2O10/c1-5-6-7-8-9-11-24(39)45-27-26(35-21(31(43)44)12-14-22(35)36)19-18-34(20(30(41)42)13-15-23(37)38)29(40)25(19)33(4)17-10-16-32(2,3)28(27)33/h5-9,11,20-21,26-28H,10,12-18H2,1-4H3,(H,37,38)(H,41,42)(H,43,44)/b6-5+,8-7+,11-9+/t20-,21-,26-,27-,28-,33+/m1/s1. The Kier molecular flexibility index (Phi) is 9.74. The van der Waals surface area contributed by atoms with Gasteiger partial charge >= 0.3 is 23.9 Å². The van der Waals surface area contributed by atoms with E-state index in [1.807, 2.05) is 33.8 Å².